The molecular formula is C18H14Cl3FN2O4. The lowest BCUT2D eigenvalue weighted by Crippen LogP contribution is -2.37. The molecule has 0 aromatic heterocycles. The van der Waals surface area contributed by atoms with E-state index in [0.717, 1.165) is 4.90 Å². The fourth-order valence-corrected chi connectivity index (χ4v) is 2.74. The maximum Gasteiger partial charge on any atom is 0.341 e. The number of esters is 1. The van der Waals surface area contributed by atoms with Crippen LogP contribution in [-0.4, -0.2) is 42.9 Å². The number of ether oxygens (including phenoxy) is 1. The lowest BCUT2D eigenvalue weighted by Gasteiger charge is -2.17. The molecule has 0 fully saturated rings. The molecule has 0 aliphatic carbocycles. The van der Waals surface area contributed by atoms with E-state index in [4.69, 9.17) is 39.5 Å². The number of benzene rings is 2. The molecule has 0 unspecified atom stereocenters. The number of nitrogens with zero attached hydrogens (tertiary/aromatic N) is 1. The quantitative estimate of drug-likeness (QED) is 0.536. The van der Waals surface area contributed by atoms with Gasteiger partial charge in [0.2, 0.25) is 5.91 Å². The summed E-state index contributed by atoms with van der Waals surface area (Å²) in [7, 11) is 1.36. The topological polar surface area (TPSA) is 75.7 Å². The summed E-state index contributed by atoms with van der Waals surface area (Å²) in [5.41, 5.74) is 0.226. The predicted octanol–water partition coefficient (Wildman–Crippen LogP) is 4.04. The SMILES string of the molecule is CN(CC(=O)Nc1ccc(F)cc1)C(=O)COC(=O)c1c(Cl)ccc(Cl)c1Cl. The lowest BCUT2D eigenvalue weighted by molar-refractivity contribution is -0.136. The second-order valence-corrected chi connectivity index (χ2v) is 6.79. The molecule has 0 saturated carbocycles. The summed E-state index contributed by atoms with van der Waals surface area (Å²) in [6.45, 7) is -0.926. The van der Waals surface area contributed by atoms with Crippen LogP contribution < -0.4 is 5.32 Å². The van der Waals surface area contributed by atoms with E-state index in [1.54, 1.807) is 0 Å². The number of likely N-dealkylation sites (N-methyl/N-ethyl adjacent to an activating group) is 1. The summed E-state index contributed by atoms with van der Waals surface area (Å²) in [4.78, 5) is 37.2. The van der Waals surface area contributed by atoms with E-state index in [1.165, 1.54) is 43.4 Å². The third kappa shape index (κ3) is 5.82. The average molecular weight is 448 g/mol. The molecule has 2 aromatic carbocycles. The number of hydrogen-bond acceptors (Lipinski definition) is 4. The van der Waals surface area contributed by atoms with E-state index in [2.05, 4.69) is 5.32 Å². The zero-order valence-corrected chi connectivity index (χ0v) is 16.7. The Morgan fingerprint density at radius 2 is 1.64 bits per heavy atom. The van der Waals surface area contributed by atoms with Crippen molar-refractivity contribution in [1.82, 2.24) is 4.90 Å². The van der Waals surface area contributed by atoms with Gasteiger partial charge in [-0.05, 0) is 36.4 Å². The highest BCUT2D eigenvalue weighted by molar-refractivity contribution is 6.46. The van der Waals surface area contributed by atoms with E-state index in [0.29, 0.717) is 5.69 Å². The van der Waals surface area contributed by atoms with Crippen molar-refractivity contribution in [2.24, 2.45) is 0 Å². The first-order chi connectivity index (χ1) is 13.2. The van der Waals surface area contributed by atoms with Crippen LogP contribution in [0, 0.1) is 5.82 Å². The number of amides is 2. The first kappa shape index (κ1) is 21.9. The van der Waals surface area contributed by atoms with Crippen LogP contribution >= 0.6 is 34.8 Å². The summed E-state index contributed by atoms with van der Waals surface area (Å²) in [5.74, 6) is -2.49. The minimum atomic E-state index is -0.921. The van der Waals surface area contributed by atoms with Crippen molar-refractivity contribution in [1.29, 1.82) is 0 Å². The average Bonchev–Trinajstić information content (AvgIpc) is 2.64. The fraction of sp³-hybridized carbons (Fsp3) is 0.167. The monoisotopic (exact) mass is 446 g/mol. The lowest BCUT2D eigenvalue weighted by atomic mass is 10.2. The summed E-state index contributed by atoms with van der Waals surface area (Å²) in [6, 6.07) is 7.94. The van der Waals surface area contributed by atoms with Crippen LogP contribution in [0.5, 0.6) is 0 Å². The van der Waals surface area contributed by atoms with E-state index in [9.17, 15) is 18.8 Å². The van der Waals surface area contributed by atoms with Gasteiger partial charge in [-0.15, -0.1) is 0 Å². The highest BCUT2D eigenvalue weighted by atomic mass is 35.5. The van der Waals surface area contributed by atoms with Gasteiger partial charge in [-0.25, -0.2) is 9.18 Å². The molecule has 28 heavy (non-hydrogen) atoms. The molecule has 0 atom stereocenters. The van der Waals surface area contributed by atoms with Crippen molar-refractivity contribution in [3.05, 3.63) is 62.8 Å². The van der Waals surface area contributed by atoms with Gasteiger partial charge in [0.1, 0.15) is 5.82 Å². The molecule has 0 radical (unpaired) electrons. The Morgan fingerprint density at radius 1 is 1.04 bits per heavy atom. The number of anilines is 1. The summed E-state index contributed by atoms with van der Waals surface area (Å²) < 4.78 is 17.8. The van der Waals surface area contributed by atoms with Crippen LogP contribution in [0.15, 0.2) is 36.4 Å². The largest absolute Gasteiger partial charge is 0.452 e. The highest BCUT2D eigenvalue weighted by Crippen LogP contribution is 2.31. The van der Waals surface area contributed by atoms with Crippen LogP contribution in [0.3, 0.4) is 0 Å². The molecule has 2 rings (SSSR count). The minimum absolute atomic E-state index is 0.0267. The van der Waals surface area contributed by atoms with Gasteiger partial charge in [0.05, 0.1) is 27.2 Å². The molecule has 0 bridgehead atoms. The predicted molar refractivity (Wildman–Crippen MR) is 104 cm³/mol. The van der Waals surface area contributed by atoms with Crippen molar-refractivity contribution in [2.75, 3.05) is 25.5 Å². The summed E-state index contributed by atoms with van der Waals surface area (Å²) in [5, 5.41) is 2.56. The van der Waals surface area contributed by atoms with Crippen LogP contribution in [-0.2, 0) is 14.3 Å². The Kier molecular flexibility index (Phi) is 7.62. The Morgan fingerprint density at radius 3 is 2.29 bits per heavy atom. The fourth-order valence-electron chi connectivity index (χ4n) is 2.06. The molecule has 1 N–H and O–H groups in total. The van der Waals surface area contributed by atoms with Gasteiger partial charge in [-0.3, -0.25) is 9.59 Å². The number of nitrogens with one attached hydrogen (secondary N) is 1. The van der Waals surface area contributed by atoms with Gasteiger partial charge < -0.3 is 15.0 Å². The number of halogens is 4. The van der Waals surface area contributed by atoms with Crippen molar-refractivity contribution in [2.45, 2.75) is 0 Å². The summed E-state index contributed by atoms with van der Waals surface area (Å²) in [6.07, 6.45) is 0. The third-order valence-corrected chi connectivity index (χ3v) is 4.63. The number of rotatable bonds is 6. The molecule has 2 aromatic rings. The molecule has 6 nitrogen and oxygen atoms in total. The summed E-state index contributed by atoms with van der Waals surface area (Å²) >= 11 is 17.7. The van der Waals surface area contributed by atoms with Gasteiger partial charge in [-0.1, -0.05) is 34.8 Å². The molecule has 0 aliphatic heterocycles. The van der Waals surface area contributed by atoms with Crippen LogP contribution in [0.1, 0.15) is 10.4 Å². The first-order valence-corrected chi connectivity index (χ1v) is 8.92. The zero-order valence-electron chi connectivity index (χ0n) is 14.5. The standard InChI is InChI=1S/C18H14Cl3FN2O4/c1-24(8-14(25)23-11-4-2-10(22)3-5-11)15(26)9-28-18(27)16-12(19)6-7-13(20)17(16)21/h2-7H,8-9H2,1H3,(H,23,25). The molecule has 0 heterocycles. The molecule has 0 spiro atoms. The second kappa shape index (κ2) is 9.73. The highest BCUT2D eigenvalue weighted by Gasteiger charge is 2.21. The molecule has 10 heteroatoms. The van der Waals surface area contributed by atoms with Crippen molar-refractivity contribution in [3.8, 4) is 0 Å². The van der Waals surface area contributed by atoms with E-state index >= 15 is 0 Å². The van der Waals surface area contributed by atoms with E-state index in [1.807, 2.05) is 0 Å². The molecule has 0 saturated heterocycles. The van der Waals surface area contributed by atoms with Gasteiger partial charge in [0, 0.05) is 12.7 Å². The Bertz CT molecular complexity index is 906. The Labute approximate surface area is 175 Å². The number of carbonyl (C=O) groups excluding carboxylic acids is 3. The van der Waals surface area contributed by atoms with E-state index in [-0.39, 0.29) is 27.2 Å². The second-order valence-electron chi connectivity index (χ2n) is 5.60. The molecular weight excluding hydrogens is 434 g/mol. The van der Waals surface area contributed by atoms with Gasteiger partial charge in [-0.2, -0.15) is 0 Å². The van der Waals surface area contributed by atoms with Crippen LogP contribution in [0.2, 0.25) is 15.1 Å². The molecule has 0 aliphatic rings. The van der Waals surface area contributed by atoms with Crippen molar-refractivity contribution < 1.29 is 23.5 Å². The Balaban J connectivity index is 1.88. The smallest absolute Gasteiger partial charge is 0.341 e. The Hall–Kier alpha value is -2.35. The van der Waals surface area contributed by atoms with Gasteiger partial charge >= 0.3 is 5.97 Å². The van der Waals surface area contributed by atoms with Crippen molar-refractivity contribution in [3.63, 3.8) is 0 Å². The minimum Gasteiger partial charge on any atom is -0.452 e. The van der Waals surface area contributed by atoms with Crippen LogP contribution in [0.4, 0.5) is 10.1 Å². The van der Waals surface area contributed by atoms with Crippen LogP contribution in [0.25, 0.3) is 0 Å². The van der Waals surface area contributed by atoms with Gasteiger partial charge in [0.15, 0.2) is 6.61 Å². The zero-order chi connectivity index (χ0) is 20.8. The third-order valence-electron chi connectivity index (χ3n) is 3.51. The van der Waals surface area contributed by atoms with E-state index < -0.39 is 30.2 Å². The molecule has 148 valence electrons. The van der Waals surface area contributed by atoms with Crippen molar-refractivity contribution >= 4 is 58.3 Å². The maximum atomic E-state index is 12.9. The maximum absolute atomic E-state index is 12.9. The number of hydrogen-bond donors (Lipinski definition) is 1. The number of carbonyl (C=O) groups is 3. The molecule has 2 amide bonds. The van der Waals surface area contributed by atoms with Gasteiger partial charge in [0.25, 0.3) is 5.91 Å². The first-order valence-electron chi connectivity index (χ1n) is 7.79. The normalized spacial score (nSPS) is 10.3.